The van der Waals surface area contributed by atoms with E-state index in [1.807, 2.05) is 50.2 Å². The first-order valence-corrected chi connectivity index (χ1v) is 8.63. The highest BCUT2D eigenvalue weighted by Gasteiger charge is 2.33. The Labute approximate surface area is 126 Å². The van der Waals surface area contributed by atoms with Gasteiger partial charge in [-0.25, -0.2) is 8.42 Å². The van der Waals surface area contributed by atoms with Gasteiger partial charge in [0.25, 0.3) is 10.0 Å². The number of sulfonamides is 1. The van der Waals surface area contributed by atoms with E-state index in [0.717, 1.165) is 29.7 Å². The Morgan fingerprint density at radius 2 is 1.71 bits per heavy atom. The van der Waals surface area contributed by atoms with Crippen molar-refractivity contribution in [3.05, 3.63) is 59.7 Å². The summed E-state index contributed by atoms with van der Waals surface area (Å²) in [5, 5.41) is 0. The van der Waals surface area contributed by atoms with Gasteiger partial charge in [0.05, 0.1) is 10.6 Å². The molecule has 0 unspecified atom stereocenters. The first kappa shape index (κ1) is 14.1. The smallest absolute Gasteiger partial charge is 0.263 e. The number of benzene rings is 2. The van der Waals surface area contributed by atoms with Crippen LogP contribution in [0.1, 0.15) is 24.5 Å². The molecule has 0 radical (unpaired) electrons. The molecule has 1 aliphatic heterocycles. The molecule has 0 amide bonds. The highest BCUT2D eigenvalue weighted by molar-refractivity contribution is 7.92. The van der Waals surface area contributed by atoms with Gasteiger partial charge in [-0.1, -0.05) is 35.9 Å². The second-order valence-electron chi connectivity index (χ2n) is 5.63. The highest BCUT2D eigenvalue weighted by Crippen LogP contribution is 2.35. The number of fused-ring (bicyclic) bond motifs is 1. The molecule has 1 atom stereocenters. The number of rotatable bonds is 2. The lowest BCUT2D eigenvalue weighted by Gasteiger charge is -2.36. The molecule has 0 fully saturated rings. The predicted molar refractivity (Wildman–Crippen MR) is 85.1 cm³/mol. The summed E-state index contributed by atoms with van der Waals surface area (Å²) in [5.41, 5.74) is 2.98. The molecule has 3 nitrogen and oxygen atoms in total. The molecular formula is C17H19NO2S. The fraction of sp³-hybridized carbons (Fsp3) is 0.294. The lowest BCUT2D eigenvalue weighted by Crippen LogP contribution is -2.42. The summed E-state index contributed by atoms with van der Waals surface area (Å²) in [6.07, 6.45) is 1.78. The van der Waals surface area contributed by atoms with Gasteiger partial charge in [-0.05, 0) is 50.5 Å². The van der Waals surface area contributed by atoms with Crippen LogP contribution in [0.2, 0.25) is 0 Å². The topological polar surface area (TPSA) is 37.4 Å². The molecule has 0 aromatic heterocycles. The minimum absolute atomic E-state index is 0.0220. The Hall–Kier alpha value is -1.81. The molecule has 0 saturated carbocycles. The molecule has 1 aliphatic rings. The number of anilines is 1. The van der Waals surface area contributed by atoms with Gasteiger partial charge in [-0.15, -0.1) is 0 Å². The van der Waals surface area contributed by atoms with Crippen molar-refractivity contribution in [2.24, 2.45) is 0 Å². The summed E-state index contributed by atoms with van der Waals surface area (Å²) < 4.78 is 27.6. The molecule has 21 heavy (non-hydrogen) atoms. The Balaban J connectivity index is 2.12. The average molecular weight is 301 g/mol. The number of nitrogens with zero attached hydrogens (tertiary/aromatic N) is 1. The zero-order valence-corrected chi connectivity index (χ0v) is 13.1. The molecule has 4 heteroatoms. The molecule has 1 heterocycles. The Kier molecular flexibility index (Phi) is 3.49. The third kappa shape index (κ3) is 2.44. The van der Waals surface area contributed by atoms with Crippen molar-refractivity contribution in [2.75, 3.05) is 4.31 Å². The maximum atomic E-state index is 13.0. The lowest BCUT2D eigenvalue weighted by atomic mass is 9.99. The van der Waals surface area contributed by atoms with Crippen LogP contribution in [0, 0.1) is 6.92 Å². The SMILES string of the molecule is Cc1ccc(S(=O)(=O)N2c3ccccc3CC[C@H]2C)cc1. The van der Waals surface area contributed by atoms with E-state index in [9.17, 15) is 8.42 Å². The average Bonchev–Trinajstić information content (AvgIpc) is 2.47. The molecule has 110 valence electrons. The first-order valence-electron chi connectivity index (χ1n) is 7.19. The summed E-state index contributed by atoms with van der Waals surface area (Å²) in [6.45, 7) is 3.93. The Bertz CT molecular complexity index is 751. The molecule has 0 N–H and O–H groups in total. The van der Waals surface area contributed by atoms with Crippen LogP contribution in [0.5, 0.6) is 0 Å². The van der Waals surface area contributed by atoms with E-state index in [1.54, 1.807) is 16.4 Å². The zero-order valence-electron chi connectivity index (χ0n) is 12.3. The van der Waals surface area contributed by atoms with Crippen LogP contribution >= 0.6 is 0 Å². The van der Waals surface area contributed by atoms with Crippen LogP contribution in [-0.4, -0.2) is 14.5 Å². The number of hydrogen-bond donors (Lipinski definition) is 0. The van der Waals surface area contributed by atoms with Crippen molar-refractivity contribution < 1.29 is 8.42 Å². The van der Waals surface area contributed by atoms with Crippen LogP contribution in [0.15, 0.2) is 53.4 Å². The molecule has 2 aromatic carbocycles. The van der Waals surface area contributed by atoms with Gasteiger partial charge < -0.3 is 0 Å². The third-order valence-electron chi connectivity index (χ3n) is 4.04. The fourth-order valence-corrected chi connectivity index (χ4v) is 4.57. The summed E-state index contributed by atoms with van der Waals surface area (Å²) in [6, 6.07) is 14.8. The molecule has 3 rings (SSSR count). The van der Waals surface area contributed by atoms with E-state index in [2.05, 4.69) is 0 Å². The number of hydrogen-bond acceptors (Lipinski definition) is 2. The molecule has 0 aliphatic carbocycles. The first-order chi connectivity index (χ1) is 10.00. The van der Waals surface area contributed by atoms with Crippen LogP contribution in [0.3, 0.4) is 0 Å². The van der Waals surface area contributed by atoms with Crippen molar-refractivity contribution in [3.8, 4) is 0 Å². The second-order valence-corrected chi connectivity index (χ2v) is 7.45. The summed E-state index contributed by atoms with van der Waals surface area (Å²) in [7, 11) is -3.51. The summed E-state index contributed by atoms with van der Waals surface area (Å²) in [5.74, 6) is 0. The maximum Gasteiger partial charge on any atom is 0.264 e. The van der Waals surface area contributed by atoms with E-state index in [0.29, 0.717) is 4.90 Å². The van der Waals surface area contributed by atoms with Gasteiger partial charge >= 0.3 is 0 Å². The van der Waals surface area contributed by atoms with Crippen molar-refractivity contribution >= 4 is 15.7 Å². The second kappa shape index (κ2) is 5.19. The number of para-hydroxylation sites is 1. The molecule has 0 saturated heterocycles. The summed E-state index contributed by atoms with van der Waals surface area (Å²) >= 11 is 0. The third-order valence-corrected chi connectivity index (χ3v) is 5.98. The zero-order chi connectivity index (χ0) is 15.0. The molecule has 0 spiro atoms. The number of aryl methyl sites for hydroxylation is 2. The van der Waals surface area contributed by atoms with E-state index in [4.69, 9.17) is 0 Å². The van der Waals surface area contributed by atoms with E-state index >= 15 is 0 Å². The van der Waals surface area contributed by atoms with Crippen molar-refractivity contribution in [3.63, 3.8) is 0 Å². The van der Waals surface area contributed by atoms with Crippen LogP contribution in [0.25, 0.3) is 0 Å². The van der Waals surface area contributed by atoms with Crippen LogP contribution in [0.4, 0.5) is 5.69 Å². The normalized spacial score (nSPS) is 18.4. The van der Waals surface area contributed by atoms with E-state index in [1.165, 1.54) is 0 Å². The quantitative estimate of drug-likeness (QED) is 0.851. The van der Waals surface area contributed by atoms with Gasteiger partial charge in [0, 0.05) is 6.04 Å². The van der Waals surface area contributed by atoms with Crippen LogP contribution < -0.4 is 4.31 Å². The minimum Gasteiger partial charge on any atom is -0.263 e. The molecule has 0 bridgehead atoms. The van der Waals surface area contributed by atoms with Crippen molar-refractivity contribution in [1.82, 2.24) is 0 Å². The summed E-state index contributed by atoms with van der Waals surface area (Å²) in [4.78, 5) is 0.358. The van der Waals surface area contributed by atoms with Crippen molar-refractivity contribution in [1.29, 1.82) is 0 Å². The van der Waals surface area contributed by atoms with Gasteiger partial charge in [-0.3, -0.25) is 4.31 Å². The van der Waals surface area contributed by atoms with Gasteiger partial charge in [0.15, 0.2) is 0 Å². The minimum atomic E-state index is -3.51. The lowest BCUT2D eigenvalue weighted by molar-refractivity contribution is 0.563. The standard InChI is InChI=1S/C17H19NO2S/c1-13-7-11-16(12-8-13)21(19,20)18-14(2)9-10-15-5-3-4-6-17(15)18/h3-8,11-12,14H,9-10H2,1-2H3/t14-/m1/s1. The molecular weight excluding hydrogens is 282 g/mol. The van der Waals surface area contributed by atoms with E-state index in [-0.39, 0.29) is 6.04 Å². The van der Waals surface area contributed by atoms with Gasteiger partial charge in [0.1, 0.15) is 0 Å². The predicted octanol–water partition coefficient (Wildman–Crippen LogP) is 3.53. The maximum absolute atomic E-state index is 13.0. The van der Waals surface area contributed by atoms with Crippen molar-refractivity contribution in [2.45, 2.75) is 37.6 Å². The van der Waals surface area contributed by atoms with Crippen LogP contribution in [-0.2, 0) is 16.4 Å². The van der Waals surface area contributed by atoms with Gasteiger partial charge in [0.2, 0.25) is 0 Å². The van der Waals surface area contributed by atoms with Gasteiger partial charge in [-0.2, -0.15) is 0 Å². The monoisotopic (exact) mass is 301 g/mol. The Morgan fingerprint density at radius 1 is 1.05 bits per heavy atom. The largest absolute Gasteiger partial charge is 0.264 e. The molecule has 2 aromatic rings. The van der Waals surface area contributed by atoms with E-state index < -0.39 is 10.0 Å². The fourth-order valence-electron chi connectivity index (χ4n) is 2.85. The highest BCUT2D eigenvalue weighted by atomic mass is 32.2. The Morgan fingerprint density at radius 3 is 2.43 bits per heavy atom.